The SMILES string of the molecule is C=CC(=O)OCCC[N+]1(OC)C(OC)C1OC. The zero-order chi connectivity index (χ0) is 12.9. The van der Waals surface area contributed by atoms with E-state index in [9.17, 15) is 4.79 Å². The second-order valence-electron chi connectivity index (χ2n) is 3.74. The van der Waals surface area contributed by atoms with E-state index in [1.54, 1.807) is 21.3 Å². The lowest BCUT2D eigenvalue weighted by Crippen LogP contribution is -2.32. The Morgan fingerprint density at radius 3 is 2.29 bits per heavy atom. The van der Waals surface area contributed by atoms with Crippen molar-refractivity contribution in [2.75, 3.05) is 34.5 Å². The predicted molar refractivity (Wildman–Crippen MR) is 59.5 cm³/mol. The Hall–Kier alpha value is -0.950. The lowest BCUT2D eigenvalue weighted by Gasteiger charge is -2.15. The number of nitrogens with zero attached hydrogens (tertiary/aromatic N) is 1. The molecule has 0 aromatic heterocycles. The van der Waals surface area contributed by atoms with Crippen LogP contribution in [0.4, 0.5) is 0 Å². The molecule has 98 valence electrons. The Labute approximate surface area is 101 Å². The van der Waals surface area contributed by atoms with Gasteiger partial charge in [-0.05, 0) is 0 Å². The van der Waals surface area contributed by atoms with Crippen LogP contribution in [0.1, 0.15) is 6.42 Å². The maximum Gasteiger partial charge on any atom is 0.330 e. The Balaban J connectivity index is 2.34. The Kier molecular flexibility index (Phi) is 5.07. The predicted octanol–water partition coefficient (Wildman–Crippen LogP) is 0.442. The molecule has 0 amide bonds. The quantitative estimate of drug-likeness (QED) is 0.204. The van der Waals surface area contributed by atoms with Gasteiger partial charge in [-0.25, -0.2) is 9.63 Å². The number of rotatable bonds is 8. The summed E-state index contributed by atoms with van der Waals surface area (Å²) in [5, 5.41) is 0. The normalized spacial score (nSPS) is 31.0. The number of carbonyl (C=O) groups is 1. The zero-order valence-electron chi connectivity index (χ0n) is 10.5. The van der Waals surface area contributed by atoms with Crippen molar-refractivity contribution < 1.29 is 28.5 Å². The molecule has 1 heterocycles. The van der Waals surface area contributed by atoms with Gasteiger partial charge in [0.1, 0.15) is 6.54 Å². The van der Waals surface area contributed by atoms with Gasteiger partial charge in [0.15, 0.2) is 0 Å². The number of hydrogen-bond donors (Lipinski definition) is 0. The van der Waals surface area contributed by atoms with Gasteiger partial charge in [0.2, 0.25) is 0 Å². The van der Waals surface area contributed by atoms with Crippen molar-refractivity contribution in [1.82, 2.24) is 0 Å². The Morgan fingerprint density at radius 1 is 1.29 bits per heavy atom. The molecule has 0 radical (unpaired) electrons. The molecule has 0 saturated carbocycles. The van der Waals surface area contributed by atoms with Crippen LogP contribution < -0.4 is 0 Å². The van der Waals surface area contributed by atoms with E-state index in [-0.39, 0.29) is 12.5 Å². The molecule has 0 spiro atoms. The summed E-state index contributed by atoms with van der Waals surface area (Å²) >= 11 is 0. The van der Waals surface area contributed by atoms with Crippen LogP contribution in [0.15, 0.2) is 12.7 Å². The molecule has 1 aliphatic heterocycles. The summed E-state index contributed by atoms with van der Waals surface area (Å²) in [5.74, 6) is -0.411. The Morgan fingerprint density at radius 2 is 1.88 bits per heavy atom. The van der Waals surface area contributed by atoms with E-state index in [0.29, 0.717) is 24.2 Å². The maximum atomic E-state index is 10.8. The molecule has 0 bridgehead atoms. The van der Waals surface area contributed by atoms with Gasteiger partial charge in [-0.1, -0.05) is 6.58 Å². The first-order valence-corrected chi connectivity index (χ1v) is 5.44. The topological polar surface area (TPSA) is 54.0 Å². The highest BCUT2D eigenvalue weighted by Crippen LogP contribution is 2.41. The van der Waals surface area contributed by atoms with E-state index < -0.39 is 5.97 Å². The van der Waals surface area contributed by atoms with Gasteiger partial charge < -0.3 is 14.2 Å². The molecule has 0 aromatic rings. The highest BCUT2D eigenvalue weighted by molar-refractivity contribution is 5.81. The van der Waals surface area contributed by atoms with Gasteiger partial charge in [-0.2, -0.15) is 0 Å². The van der Waals surface area contributed by atoms with Gasteiger partial charge in [-0.15, -0.1) is 4.65 Å². The molecule has 1 aliphatic rings. The molecule has 2 atom stereocenters. The third-order valence-electron chi connectivity index (χ3n) is 2.90. The standard InChI is InChI=1S/C11H20NO5/c1-5-9(13)17-8-6-7-12(16-4)10(14-2)11(12)15-3/h5,10-11H,1,6-8H2,2-4H3/q+1. The second-order valence-corrected chi connectivity index (χ2v) is 3.74. The van der Waals surface area contributed by atoms with Crippen molar-refractivity contribution in [3.8, 4) is 0 Å². The Bertz CT molecular complexity index is 271. The largest absolute Gasteiger partial charge is 0.462 e. The van der Waals surface area contributed by atoms with Gasteiger partial charge in [-0.3, -0.25) is 0 Å². The number of quaternary nitrogens is 1. The summed E-state index contributed by atoms with van der Waals surface area (Å²) in [6.45, 7) is 4.32. The minimum atomic E-state index is -0.411. The van der Waals surface area contributed by atoms with Crippen molar-refractivity contribution in [1.29, 1.82) is 0 Å². The first-order valence-electron chi connectivity index (χ1n) is 5.44. The van der Waals surface area contributed by atoms with Crippen LogP contribution in [0.3, 0.4) is 0 Å². The molecule has 2 unspecified atom stereocenters. The summed E-state index contributed by atoms with van der Waals surface area (Å²) in [5.41, 5.74) is 0. The molecule has 6 heteroatoms. The van der Waals surface area contributed by atoms with E-state index in [2.05, 4.69) is 6.58 Å². The van der Waals surface area contributed by atoms with E-state index >= 15 is 0 Å². The smallest absolute Gasteiger partial charge is 0.330 e. The van der Waals surface area contributed by atoms with Crippen LogP contribution in [0.2, 0.25) is 0 Å². The molecule has 0 aliphatic carbocycles. The molecule has 1 saturated heterocycles. The summed E-state index contributed by atoms with van der Waals surface area (Å²) < 4.78 is 15.7. The van der Waals surface area contributed by atoms with Crippen molar-refractivity contribution in [2.24, 2.45) is 0 Å². The first-order chi connectivity index (χ1) is 8.16. The van der Waals surface area contributed by atoms with Gasteiger partial charge in [0.05, 0.1) is 13.7 Å². The van der Waals surface area contributed by atoms with Crippen molar-refractivity contribution in [2.45, 2.75) is 18.9 Å². The zero-order valence-corrected chi connectivity index (χ0v) is 10.5. The van der Waals surface area contributed by atoms with Gasteiger partial charge in [0, 0.05) is 26.7 Å². The van der Waals surface area contributed by atoms with E-state index in [4.69, 9.17) is 19.0 Å². The summed E-state index contributed by atoms with van der Waals surface area (Å²) in [4.78, 5) is 16.3. The van der Waals surface area contributed by atoms with Crippen LogP contribution in [-0.2, 0) is 23.8 Å². The number of methoxy groups -OCH3 is 2. The average molecular weight is 246 g/mol. The average Bonchev–Trinajstić information content (AvgIpc) is 3.01. The van der Waals surface area contributed by atoms with Crippen molar-refractivity contribution in [3.63, 3.8) is 0 Å². The number of carbonyl (C=O) groups excluding carboxylic acids is 1. The third-order valence-corrected chi connectivity index (χ3v) is 2.90. The minimum Gasteiger partial charge on any atom is -0.462 e. The number of esters is 1. The van der Waals surface area contributed by atoms with Crippen LogP contribution in [0, 0.1) is 0 Å². The molecule has 6 nitrogen and oxygen atoms in total. The van der Waals surface area contributed by atoms with Crippen LogP contribution in [0.5, 0.6) is 0 Å². The van der Waals surface area contributed by atoms with Crippen LogP contribution in [0.25, 0.3) is 0 Å². The molecule has 17 heavy (non-hydrogen) atoms. The highest BCUT2D eigenvalue weighted by Gasteiger charge is 2.71. The number of hydrogen-bond acceptors (Lipinski definition) is 5. The molecule has 1 rings (SSSR count). The maximum absolute atomic E-state index is 10.8. The summed E-state index contributed by atoms with van der Waals surface area (Å²) in [6.07, 6.45) is 1.60. The summed E-state index contributed by atoms with van der Waals surface area (Å²) in [6, 6.07) is 0. The second kappa shape index (κ2) is 6.11. The number of ether oxygens (including phenoxy) is 3. The highest BCUT2D eigenvalue weighted by atomic mass is 16.8. The van der Waals surface area contributed by atoms with Crippen molar-refractivity contribution >= 4 is 5.97 Å². The lowest BCUT2D eigenvalue weighted by atomic mass is 10.4. The fraction of sp³-hybridized carbons (Fsp3) is 0.727. The van der Waals surface area contributed by atoms with Crippen molar-refractivity contribution in [3.05, 3.63) is 12.7 Å². The molecule has 0 N–H and O–H groups in total. The first kappa shape index (κ1) is 14.1. The molecule has 1 fully saturated rings. The van der Waals surface area contributed by atoms with Gasteiger partial charge >= 0.3 is 18.4 Å². The minimum absolute atomic E-state index is 0.111. The number of hydroxylamine groups is 3. The fourth-order valence-corrected chi connectivity index (χ4v) is 1.99. The summed E-state index contributed by atoms with van der Waals surface area (Å²) in [7, 11) is 4.85. The van der Waals surface area contributed by atoms with Crippen LogP contribution >= 0.6 is 0 Å². The molecule has 0 aromatic carbocycles. The van der Waals surface area contributed by atoms with E-state index in [0.717, 1.165) is 6.08 Å². The molecular formula is C11H20NO5+. The fourth-order valence-electron chi connectivity index (χ4n) is 1.99. The third kappa shape index (κ3) is 2.84. The van der Waals surface area contributed by atoms with Crippen LogP contribution in [-0.4, -0.2) is 57.6 Å². The van der Waals surface area contributed by atoms with E-state index in [1.807, 2.05) is 0 Å². The lowest BCUT2D eigenvalue weighted by molar-refractivity contribution is -1.04. The van der Waals surface area contributed by atoms with E-state index in [1.165, 1.54) is 0 Å². The molecular weight excluding hydrogens is 226 g/mol. The monoisotopic (exact) mass is 246 g/mol. The van der Waals surface area contributed by atoms with Gasteiger partial charge in [0.25, 0.3) is 0 Å².